The number of ether oxygens (including phenoxy) is 1. The van der Waals surface area contributed by atoms with Crippen molar-refractivity contribution < 1.29 is 18.8 Å². The standard InChI is InChI=1S/C22H25N5O4S/c1-2-17(15-7-4-3-5-8-15)23-20-21(26-32(30)25-20)24-18-10-6-9-16(19(18)28)22(29)27-11-13-31-14-12-27/h3-10,17,28H,2,11-14H2,1H3,(H,23,25)(H,24,26)/t17-,32?/m1/s1. The summed E-state index contributed by atoms with van der Waals surface area (Å²) in [6, 6.07) is 14.7. The first-order chi connectivity index (χ1) is 15.6. The molecule has 9 nitrogen and oxygen atoms in total. The lowest BCUT2D eigenvalue weighted by Gasteiger charge is -2.27. The average molecular weight is 456 g/mol. The molecule has 2 heterocycles. The van der Waals surface area contributed by atoms with Crippen molar-refractivity contribution in [2.24, 2.45) is 8.80 Å². The molecule has 0 radical (unpaired) electrons. The van der Waals surface area contributed by atoms with Crippen LogP contribution >= 0.6 is 0 Å². The van der Waals surface area contributed by atoms with Crippen LogP contribution in [0.15, 0.2) is 57.3 Å². The van der Waals surface area contributed by atoms with Crippen LogP contribution in [0.4, 0.5) is 5.69 Å². The van der Waals surface area contributed by atoms with Crippen LogP contribution in [0.3, 0.4) is 0 Å². The van der Waals surface area contributed by atoms with Gasteiger partial charge >= 0.3 is 0 Å². The van der Waals surface area contributed by atoms with Crippen LogP contribution in [0.25, 0.3) is 0 Å². The van der Waals surface area contributed by atoms with Gasteiger partial charge in [0.15, 0.2) is 17.4 Å². The third-order valence-electron chi connectivity index (χ3n) is 5.30. The molecule has 1 unspecified atom stereocenters. The van der Waals surface area contributed by atoms with Crippen molar-refractivity contribution in [3.8, 4) is 5.75 Å². The molecule has 32 heavy (non-hydrogen) atoms. The van der Waals surface area contributed by atoms with Crippen molar-refractivity contribution in [3.05, 3.63) is 59.7 Å². The van der Waals surface area contributed by atoms with E-state index in [1.54, 1.807) is 23.1 Å². The van der Waals surface area contributed by atoms with Crippen LogP contribution in [0.1, 0.15) is 35.3 Å². The minimum atomic E-state index is -1.78. The molecule has 2 aromatic rings. The highest BCUT2D eigenvalue weighted by molar-refractivity contribution is 7.83. The van der Waals surface area contributed by atoms with Gasteiger partial charge in [0.1, 0.15) is 0 Å². The first kappa shape index (κ1) is 22.0. The molecular weight excluding hydrogens is 430 g/mol. The molecule has 168 valence electrons. The van der Waals surface area contributed by atoms with Crippen LogP contribution in [-0.4, -0.2) is 58.1 Å². The van der Waals surface area contributed by atoms with E-state index in [1.165, 1.54) is 0 Å². The van der Waals surface area contributed by atoms with E-state index < -0.39 is 11.2 Å². The molecule has 0 saturated carbocycles. The van der Waals surface area contributed by atoms with Crippen molar-refractivity contribution in [2.45, 2.75) is 19.4 Å². The number of nitrogens with zero attached hydrogens (tertiary/aromatic N) is 3. The molecule has 2 aliphatic heterocycles. The van der Waals surface area contributed by atoms with Gasteiger partial charge in [-0.15, -0.1) is 8.80 Å². The summed E-state index contributed by atoms with van der Waals surface area (Å²) in [6.07, 6.45) is 0.776. The average Bonchev–Trinajstić information content (AvgIpc) is 3.18. The van der Waals surface area contributed by atoms with Gasteiger partial charge in [-0.25, -0.2) is 4.21 Å². The zero-order valence-corrected chi connectivity index (χ0v) is 18.5. The van der Waals surface area contributed by atoms with Crippen molar-refractivity contribution in [2.75, 3.05) is 31.6 Å². The molecule has 10 heteroatoms. The maximum absolute atomic E-state index is 12.8. The highest BCUT2D eigenvalue weighted by Crippen LogP contribution is 2.29. The number of carbonyl (C=O) groups is 1. The van der Waals surface area contributed by atoms with Gasteiger partial charge in [0.2, 0.25) is 0 Å². The fourth-order valence-corrected chi connectivity index (χ4v) is 4.22. The Hall–Kier alpha value is -3.24. The third-order valence-corrected chi connectivity index (χ3v) is 5.98. The number of phenols is 1. The van der Waals surface area contributed by atoms with Crippen molar-refractivity contribution in [1.29, 1.82) is 0 Å². The van der Waals surface area contributed by atoms with Gasteiger partial charge in [-0.05, 0) is 24.1 Å². The maximum Gasteiger partial charge on any atom is 0.269 e. The Balaban J connectivity index is 1.53. The van der Waals surface area contributed by atoms with Crippen LogP contribution in [-0.2, 0) is 15.9 Å². The van der Waals surface area contributed by atoms with E-state index in [1.807, 2.05) is 37.3 Å². The number of carbonyl (C=O) groups excluding carboxylic acids is 1. The van der Waals surface area contributed by atoms with E-state index >= 15 is 0 Å². The molecule has 2 aromatic carbocycles. The summed E-state index contributed by atoms with van der Waals surface area (Å²) in [5, 5.41) is 17.0. The Labute approximate surface area is 188 Å². The van der Waals surface area contributed by atoms with Crippen molar-refractivity contribution in [1.82, 2.24) is 10.2 Å². The van der Waals surface area contributed by atoms with E-state index in [0.29, 0.717) is 32.1 Å². The number of rotatable bonds is 5. The zero-order valence-electron chi connectivity index (χ0n) is 17.7. The van der Waals surface area contributed by atoms with Gasteiger partial charge in [0.05, 0.1) is 30.5 Å². The van der Waals surface area contributed by atoms with Crippen molar-refractivity contribution in [3.63, 3.8) is 0 Å². The lowest BCUT2D eigenvalue weighted by molar-refractivity contribution is 0.0301. The second-order valence-electron chi connectivity index (χ2n) is 7.36. The molecule has 4 rings (SSSR count). The second kappa shape index (κ2) is 9.92. The molecule has 3 N–H and O–H groups in total. The minimum absolute atomic E-state index is 0.0557. The number of benzene rings is 2. The van der Waals surface area contributed by atoms with Crippen LogP contribution in [0.2, 0.25) is 0 Å². The molecular formula is C22H25N5O4S. The van der Waals surface area contributed by atoms with Crippen LogP contribution < -0.4 is 10.6 Å². The first-order valence-electron chi connectivity index (χ1n) is 10.4. The molecule has 1 saturated heterocycles. The monoisotopic (exact) mass is 455 g/mol. The number of morpholine rings is 1. The molecule has 2 aliphatic rings. The van der Waals surface area contributed by atoms with Gasteiger partial charge in [-0.1, -0.05) is 43.3 Å². The first-order valence-corrected chi connectivity index (χ1v) is 11.5. The normalized spacial score (nSPS) is 19.2. The Morgan fingerprint density at radius 2 is 1.84 bits per heavy atom. The molecule has 0 bridgehead atoms. The van der Waals surface area contributed by atoms with Gasteiger partial charge in [0, 0.05) is 13.1 Å². The Morgan fingerprint density at radius 1 is 1.12 bits per heavy atom. The molecule has 1 amide bonds. The summed E-state index contributed by atoms with van der Waals surface area (Å²) >= 11 is -1.78. The van der Waals surface area contributed by atoms with Gasteiger partial charge in [-0.2, -0.15) is 0 Å². The Morgan fingerprint density at radius 3 is 2.56 bits per heavy atom. The number of hydrogen-bond acceptors (Lipinski definition) is 6. The Kier molecular flexibility index (Phi) is 6.81. The number of hydrogen-bond donors (Lipinski definition) is 3. The molecule has 1 fully saturated rings. The topological polar surface area (TPSA) is 116 Å². The zero-order chi connectivity index (χ0) is 22.5. The number of para-hydroxylation sites is 1. The van der Waals surface area contributed by atoms with E-state index in [2.05, 4.69) is 19.4 Å². The van der Waals surface area contributed by atoms with Gasteiger partial charge in [-0.3, -0.25) is 4.79 Å². The number of phenolic OH excluding ortho intramolecular Hbond substituents is 1. The van der Waals surface area contributed by atoms with Gasteiger partial charge in [0.25, 0.3) is 17.1 Å². The largest absolute Gasteiger partial charge is 0.505 e. The number of anilines is 1. The Bertz CT molecular complexity index is 1070. The minimum Gasteiger partial charge on any atom is -0.505 e. The summed E-state index contributed by atoms with van der Waals surface area (Å²) in [6.45, 7) is 3.92. The summed E-state index contributed by atoms with van der Waals surface area (Å²) < 4.78 is 25.5. The van der Waals surface area contributed by atoms with E-state index in [-0.39, 0.29) is 34.8 Å². The molecule has 0 aromatic heterocycles. The highest BCUT2D eigenvalue weighted by Gasteiger charge is 2.26. The quantitative estimate of drug-likeness (QED) is 0.597. The number of amidine groups is 2. The number of aromatic hydroxyl groups is 1. The molecule has 0 aliphatic carbocycles. The molecule has 0 spiro atoms. The summed E-state index contributed by atoms with van der Waals surface area (Å²) in [7, 11) is 0. The number of nitrogens with one attached hydrogen (secondary N) is 2. The number of amides is 1. The summed E-state index contributed by atoms with van der Waals surface area (Å²) in [5.41, 5.74) is 1.53. The van der Waals surface area contributed by atoms with Crippen molar-refractivity contribution >= 4 is 34.4 Å². The third kappa shape index (κ3) is 4.81. The maximum atomic E-state index is 12.8. The SMILES string of the molecule is CC[C@@H](NC1=NS(=O)N=C1Nc1cccc(C(=O)N2CCOCC2)c1O)c1ccccc1. The predicted molar refractivity (Wildman–Crippen MR) is 124 cm³/mol. The second-order valence-corrected chi connectivity index (χ2v) is 8.18. The lowest BCUT2D eigenvalue weighted by Crippen LogP contribution is -2.40. The van der Waals surface area contributed by atoms with Crippen LogP contribution in [0.5, 0.6) is 5.75 Å². The van der Waals surface area contributed by atoms with E-state index in [9.17, 15) is 14.1 Å². The van der Waals surface area contributed by atoms with Gasteiger partial charge < -0.3 is 25.4 Å². The smallest absolute Gasteiger partial charge is 0.269 e. The van der Waals surface area contributed by atoms with E-state index in [4.69, 9.17) is 4.74 Å². The summed E-state index contributed by atoms with van der Waals surface area (Å²) in [5.74, 6) is 0.111. The lowest BCUT2D eigenvalue weighted by atomic mass is 10.0. The summed E-state index contributed by atoms with van der Waals surface area (Å²) in [4.78, 5) is 14.5. The van der Waals surface area contributed by atoms with E-state index in [0.717, 1.165) is 12.0 Å². The fourth-order valence-electron chi connectivity index (χ4n) is 3.59. The van der Waals surface area contributed by atoms with Crippen LogP contribution in [0, 0.1) is 0 Å². The molecule has 2 atom stereocenters. The highest BCUT2D eigenvalue weighted by atomic mass is 32.2. The predicted octanol–water partition coefficient (Wildman–Crippen LogP) is 2.41. The fraction of sp³-hybridized carbons (Fsp3) is 0.318.